The van der Waals surface area contributed by atoms with E-state index in [-0.39, 0.29) is 22.8 Å². The molecule has 3 nitrogen and oxygen atoms in total. The van der Waals surface area contributed by atoms with Crippen LogP contribution in [0.1, 0.15) is 11.1 Å². The molecule has 0 aliphatic rings. The summed E-state index contributed by atoms with van der Waals surface area (Å²) in [5, 5.41) is 7.41. The third kappa shape index (κ3) is 3.16. The zero-order valence-corrected chi connectivity index (χ0v) is 13.2. The number of nitrogens with zero attached hydrogens (tertiary/aromatic N) is 3. The van der Waals surface area contributed by atoms with Crippen LogP contribution in [0.3, 0.4) is 0 Å². The largest absolute Gasteiger partial charge is 0.417 e. The van der Waals surface area contributed by atoms with Gasteiger partial charge in [0.05, 0.1) is 11.1 Å². The van der Waals surface area contributed by atoms with Crippen molar-refractivity contribution in [3.05, 3.63) is 59.7 Å². The fraction of sp³-hybridized carbons (Fsp3) is 0.176. The van der Waals surface area contributed by atoms with E-state index in [1.807, 2.05) is 0 Å². The Kier molecular flexibility index (Phi) is 4.25. The first-order valence-corrected chi connectivity index (χ1v) is 7.33. The predicted molar refractivity (Wildman–Crippen MR) is 81.9 cm³/mol. The van der Waals surface area contributed by atoms with Crippen LogP contribution in [0.2, 0.25) is 0 Å². The molecule has 1 aromatic heterocycles. The highest BCUT2D eigenvalue weighted by molar-refractivity contribution is 5.67. The van der Waals surface area contributed by atoms with E-state index in [1.165, 1.54) is 43.4 Å². The summed E-state index contributed by atoms with van der Waals surface area (Å²) in [4.78, 5) is 0. The van der Waals surface area contributed by atoms with Gasteiger partial charge in [0, 0.05) is 18.2 Å². The lowest BCUT2D eigenvalue weighted by atomic mass is 10.1. The minimum Gasteiger partial charge on any atom is -0.310 e. The monoisotopic (exact) mass is 371 g/mol. The Balaban J connectivity index is 2.19. The molecular formula is C17H11F6N3. The number of alkyl halides is 6. The maximum Gasteiger partial charge on any atom is 0.417 e. The normalized spacial score (nSPS) is 12.4. The van der Waals surface area contributed by atoms with Crippen molar-refractivity contribution in [3.63, 3.8) is 0 Å². The van der Waals surface area contributed by atoms with Gasteiger partial charge in [0.25, 0.3) is 0 Å². The van der Waals surface area contributed by atoms with Crippen LogP contribution < -0.4 is 0 Å². The maximum atomic E-state index is 13.2. The number of hydrogen-bond donors (Lipinski definition) is 0. The molecule has 26 heavy (non-hydrogen) atoms. The first-order valence-electron chi connectivity index (χ1n) is 7.33. The number of aromatic nitrogens is 3. The van der Waals surface area contributed by atoms with Crippen LogP contribution in [0.25, 0.3) is 22.8 Å². The highest BCUT2D eigenvalue weighted by Gasteiger charge is 2.36. The molecule has 0 N–H and O–H groups in total. The molecule has 0 atom stereocenters. The second kappa shape index (κ2) is 6.15. The fourth-order valence-electron chi connectivity index (χ4n) is 2.65. The molecule has 0 bridgehead atoms. The van der Waals surface area contributed by atoms with Gasteiger partial charge in [-0.3, -0.25) is 0 Å². The molecular weight excluding hydrogens is 360 g/mol. The summed E-state index contributed by atoms with van der Waals surface area (Å²) in [6.07, 6.45) is -9.26. The average molecular weight is 371 g/mol. The van der Waals surface area contributed by atoms with Crippen LogP contribution in [0.15, 0.2) is 48.5 Å². The number of halogens is 6. The average Bonchev–Trinajstić information content (AvgIpc) is 2.94. The molecule has 0 aliphatic heterocycles. The summed E-state index contributed by atoms with van der Waals surface area (Å²) in [7, 11) is 1.32. The topological polar surface area (TPSA) is 30.7 Å². The van der Waals surface area contributed by atoms with Gasteiger partial charge < -0.3 is 4.57 Å². The van der Waals surface area contributed by atoms with Crippen molar-refractivity contribution in [2.45, 2.75) is 12.4 Å². The molecule has 0 saturated heterocycles. The Hall–Kier alpha value is -2.84. The van der Waals surface area contributed by atoms with Gasteiger partial charge in [0.2, 0.25) is 0 Å². The predicted octanol–water partition coefficient (Wildman–Crippen LogP) is 5.19. The van der Waals surface area contributed by atoms with Crippen LogP contribution in [-0.4, -0.2) is 14.8 Å². The van der Waals surface area contributed by atoms with Crippen molar-refractivity contribution in [2.75, 3.05) is 0 Å². The maximum absolute atomic E-state index is 13.2. The molecule has 0 spiro atoms. The number of benzene rings is 2. The van der Waals surface area contributed by atoms with Gasteiger partial charge in [0.15, 0.2) is 11.6 Å². The van der Waals surface area contributed by atoms with E-state index in [0.29, 0.717) is 0 Å². The van der Waals surface area contributed by atoms with Gasteiger partial charge in [-0.05, 0) is 12.1 Å². The van der Waals surface area contributed by atoms with E-state index in [2.05, 4.69) is 10.2 Å². The van der Waals surface area contributed by atoms with Crippen molar-refractivity contribution < 1.29 is 26.3 Å². The Morgan fingerprint density at radius 2 is 1.00 bits per heavy atom. The third-order valence-electron chi connectivity index (χ3n) is 3.82. The molecule has 9 heteroatoms. The van der Waals surface area contributed by atoms with E-state index in [4.69, 9.17) is 0 Å². The SMILES string of the molecule is Cn1c(-c2ccccc2C(F)(F)F)nnc1-c1ccccc1C(F)(F)F. The highest BCUT2D eigenvalue weighted by atomic mass is 19.4. The quantitative estimate of drug-likeness (QED) is 0.581. The van der Waals surface area contributed by atoms with Crippen LogP contribution in [0.5, 0.6) is 0 Å². The van der Waals surface area contributed by atoms with Gasteiger partial charge in [-0.15, -0.1) is 10.2 Å². The number of rotatable bonds is 2. The minimum absolute atomic E-state index is 0.176. The Labute approximate surface area is 143 Å². The van der Waals surface area contributed by atoms with Gasteiger partial charge >= 0.3 is 12.4 Å². The van der Waals surface area contributed by atoms with Crippen LogP contribution >= 0.6 is 0 Å². The van der Waals surface area contributed by atoms with Crippen LogP contribution in [-0.2, 0) is 19.4 Å². The van der Waals surface area contributed by atoms with Gasteiger partial charge in [-0.2, -0.15) is 26.3 Å². The molecule has 0 aliphatic carbocycles. The highest BCUT2D eigenvalue weighted by Crippen LogP contribution is 2.39. The van der Waals surface area contributed by atoms with E-state index >= 15 is 0 Å². The van der Waals surface area contributed by atoms with Gasteiger partial charge in [-0.25, -0.2) is 0 Å². The molecule has 0 unspecified atom stereocenters. The first kappa shape index (κ1) is 18.0. The van der Waals surface area contributed by atoms with E-state index < -0.39 is 23.5 Å². The minimum atomic E-state index is -4.63. The fourth-order valence-corrected chi connectivity index (χ4v) is 2.65. The Bertz CT molecular complexity index is 865. The van der Waals surface area contributed by atoms with E-state index in [9.17, 15) is 26.3 Å². The Morgan fingerprint density at radius 1 is 0.654 bits per heavy atom. The molecule has 136 valence electrons. The smallest absolute Gasteiger partial charge is 0.310 e. The van der Waals surface area contributed by atoms with Crippen LogP contribution in [0.4, 0.5) is 26.3 Å². The van der Waals surface area contributed by atoms with Crippen LogP contribution in [0, 0.1) is 0 Å². The molecule has 3 aromatic rings. The lowest BCUT2D eigenvalue weighted by molar-refractivity contribution is -0.137. The Morgan fingerprint density at radius 3 is 1.35 bits per heavy atom. The molecule has 3 rings (SSSR count). The van der Waals surface area contributed by atoms with E-state index in [0.717, 1.165) is 16.7 Å². The summed E-state index contributed by atoms with van der Waals surface area (Å²) >= 11 is 0. The molecule has 2 aromatic carbocycles. The second-order valence-corrected chi connectivity index (χ2v) is 5.49. The zero-order chi connectivity index (χ0) is 19.1. The molecule has 0 saturated carbocycles. The van der Waals surface area contributed by atoms with Gasteiger partial charge in [-0.1, -0.05) is 36.4 Å². The lowest BCUT2D eigenvalue weighted by Gasteiger charge is -2.14. The lowest BCUT2D eigenvalue weighted by Crippen LogP contribution is -2.10. The van der Waals surface area contributed by atoms with Crippen molar-refractivity contribution in [1.29, 1.82) is 0 Å². The van der Waals surface area contributed by atoms with Crippen molar-refractivity contribution >= 4 is 0 Å². The summed E-state index contributed by atoms with van der Waals surface area (Å²) in [6, 6.07) is 9.40. The number of hydrogen-bond acceptors (Lipinski definition) is 2. The first-order chi connectivity index (χ1) is 12.1. The van der Waals surface area contributed by atoms with Crippen molar-refractivity contribution in [2.24, 2.45) is 7.05 Å². The van der Waals surface area contributed by atoms with Crippen molar-refractivity contribution in [1.82, 2.24) is 14.8 Å². The summed E-state index contributed by atoms with van der Waals surface area (Å²) in [6.45, 7) is 0. The zero-order valence-electron chi connectivity index (χ0n) is 13.2. The third-order valence-corrected chi connectivity index (χ3v) is 3.82. The molecule has 0 radical (unpaired) electrons. The molecule has 0 amide bonds. The summed E-state index contributed by atoms with van der Waals surface area (Å²) in [5.41, 5.74) is -2.39. The van der Waals surface area contributed by atoms with E-state index in [1.54, 1.807) is 0 Å². The summed E-state index contributed by atoms with van der Waals surface area (Å²) in [5.74, 6) is -0.352. The van der Waals surface area contributed by atoms with Gasteiger partial charge in [0.1, 0.15) is 0 Å². The molecule has 1 heterocycles. The second-order valence-electron chi connectivity index (χ2n) is 5.49. The molecule has 0 fully saturated rings. The standard InChI is InChI=1S/C17H11F6N3/c1-26-14(10-6-2-4-8-12(10)16(18,19)20)24-25-15(26)11-7-3-5-9-13(11)17(21,22)23/h2-9H,1H3. The summed E-state index contributed by atoms with van der Waals surface area (Å²) < 4.78 is 80.4. The van der Waals surface area contributed by atoms with Crippen molar-refractivity contribution in [3.8, 4) is 22.8 Å².